The first-order chi connectivity index (χ1) is 29.8. The fourth-order valence-electron chi connectivity index (χ4n) is 9.71. The van der Waals surface area contributed by atoms with Gasteiger partial charge in [0.05, 0.1) is 21.7 Å². The Morgan fingerprint density at radius 1 is 1.00 bits per heavy atom. The van der Waals surface area contributed by atoms with E-state index in [4.69, 9.17) is 14.4 Å². The fourth-order valence-corrected chi connectivity index (χ4v) is 11.0. The van der Waals surface area contributed by atoms with Crippen LogP contribution in [0.15, 0.2) is 71.4 Å². The number of hydrogen-bond donors (Lipinski definition) is 3. The molecule has 1 saturated carbocycles. The smallest absolute Gasteiger partial charge is 0.317 e. The zero-order valence-corrected chi connectivity index (χ0v) is 35.7. The summed E-state index contributed by atoms with van der Waals surface area (Å²) < 4.78 is 33.3. The molecule has 15 nitrogen and oxygen atoms in total. The average Bonchev–Trinajstić information content (AvgIpc) is 3.70. The molecule has 3 N–H and O–H groups in total. The van der Waals surface area contributed by atoms with Gasteiger partial charge in [0.1, 0.15) is 11.0 Å². The number of fused-ring (bicyclic) bond motifs is 3. The first-order valence-electron chi connectivity index (χ1n) is 21.3. The monoisotopic (exact) mass is 856 g/mol. The lowest BCUT2D eigenvalue weighted by Gasteiger charge is -2.24. The Balaban J connectivity index is 0.915. The van der Waals surface area contributed by atoms with Crippen LogP contribution >= 0.6 is 0 Å². The van der Waals surface area contributed by atoms with Crippen LogP contribution in [0.2, 0.25) is 0 Å². The Labute approximate surface area is 358 Å². The lowest BCUT2D eigenvalue weighted by Crippen LogP contribution is -2.42. The summed E-state index contributed by atoms with van der Waals surface area (Å²) in [6.45, 7) is 8.90. The molecule has 5 heterocycles. The Bertz CT molecular complexity index is 2930. The lowest BCUT2D eigenvalue weighted by atomic mass is 9.93. The van der Waals surface area contributed by atoms with Gasteiger partial charge in [-0.15, -0.1) is 0 Å². The fraction of sp³-hybridized carbons (Fsp3) is 0.391. The van der Waals surface area contributed by atoms with Gasteiger partial charge < -0.3 is 14.8 Å². The number of nitro benzene ring substituents is 1. The van der Waals surface area contributed by atoms with Crippen LogP contribution in [0.5, 0.6) is 0 Å². The highest BCUT2D eigenvalue weighted by Gasteiger charge is 2.51. The van der Waals surface area contributed by atoms with Crippen molar-refractivity contribution in [2.75, 3.05) is 31.5 Å². The molecular weight excluding hydrogens is 809 g/mol. The molecule has 6 aromatic rings. The molecule has 0 radical (unpaired) electrons. The van der Waals surface area contributed by atoms with Crippen LogP contribution in [0.25, 0.3) is 44.6 Å². The van der Waals surface area contributed by atoms with Crippen molar-refractivity contribution >= 4 is 55.1 Å². The van der Waals surface area contributed by atoms with Gasteiger partial charge in [-0.1, -0.05) is 24.3 Å². The van der Waals surface area contributed by atoms with Crippen LogP contribution in [0.3, 0.4) is 0 Å². The standard InChI is InChI=1S/C46H48N8O7S/c1-26-32(33-7-5-9-37(27(33)2)49-43-40-29(12-17-47-43)20-28(22-48-40)23-52-18-14-31(55)25-52)6-4-8-34(26)45-50-38-21-36-35(41(54(57)58)42(38)61-45)10-11-39(36)53-19-13-30(24-53)44(56)51-62(59,60)46(3)15-16-46/h4-9,12,17,20-22,30-31,39,55H,10-11,13-16,18-19,23-25H2,1-3H3,(H,47,49)(H,51,56)/t30-,31-,39-/m1/s1. The number of anilines is 2. The number of aromatic nitrogens is 3. The molecule has 0 unspecified atom stereocenters. The second-order valence-electron chi connectivity index (χ2n) is 17.7. The molecule has 0 spiro atoms. The van der Waals surface area contributed by atoms with Gasteiger partial charge >= 0.3 is 5.69 Å². The van der Waals surface area contributed by atoms with E-state index >= 15 is 0 Å². The van der Waals surface area contributed by atoms with E-state index in [2.05, 4.69) is 43.9 Å². The number of aliphatic hydroxyl groups excluding tert-OH is 1. The van der Waals surface area contributed by atoms with Crippen molar-refractivity contribution in [3.05, 3.63) is 105 Å². The normalized spacial score (nSPS) is 21.1. The number of pyridine rings is 2. The highest BCUT2D eigenvalue weighted by Crippen LogP contribution is 2.47. The zero-order chi connectivity index (χ0) is 43.1. The van der Waals surface area contributed by atoms with Gasteiger partial charge in [0.2, 0.25) is 27.4 Å². The average molecular weight is 857 g/mol. The maximum absolute atomic E-state index is 13.1. The summed E-state index contributed by atoms with van der Waals surface area (Å²) in [5.74, 6) is -0.0555. The summed E-state index contributed by atoms with van der Waals surface area (Å²) in [6, 6.07) is 17.7. The number of oxazole rings is 1. The van der Waals surface area contributed by atoms with E-state index in [1.54, 1.807) is 13.1 Å². The number of rotatable bonds is 11. The predicted octanol–water partition coefficient (Wildman–Crippen LogP) is 7.25. The van der Waals surface area contributed by atoms with Crippen LogP contribution in [-0.2, 0) is 27.8 Å². The molecule has 4 aliphatic rings. The van der Waals surface area contributed by atoms with E-state index in [0.29, 0.717) is 74.2 Å². The molecule has 62 heavy (non-hydrogen) atoms. The van der Waals surface area contributed by atoms with E-state index in [1.807, 2.05) is 55.6 Å². The summed E-state index contributed by atoms with van der Waals surface area (Å²) in [5, 5.41) is 27.2. The van der Waals surface area contributed by atoms with Gasteiger partial charge in [-0.3, -0.25) is 34.4 Å². The maximum atomic E-state index is 13.1. The number of carbonyl (C=O) groups excluding carboxylic acids is 1. The van der Waals surface area contributed by atoms with Crippen molar-refractivity contribution in [3.63, 3.8) is 0 Å². The van der Waals surface area contributed by atoms with Gasteiger partial charge in [-0.2, -0.15) is 0 Å². The summed E-state index contributed by atoms with van der Waals surface area (Å²) in [7, 11) is -3.74. The second kappa shape index (κ2) is 15.2. The van der Waals surface area contributed by atoms with E-state index in [0.717, 1.165) is 69.5 Å². The van der Waals surface area contributed by atoms with Crippen LogP contribution in [-0.4, -0.2) is 86.1 Å². The number of sulfonamides is 1. The van der Waals surface area contributed by atoms with Crippen LogP contribution in [0.1, 0.15) is 72.9 Å². The van der Waals surface area contributed by atoms with Crippen LogP contribution in [0, 0.1) is 29.9 Å². The largest absolute Gasteiger partial charge is 0.429 e. The first-order valence-corrected chi connectivity index (χ1v) is 22.8. The van der Waals surface area contributed by atoms with Crippen molar-refractivity contribution in [2.45, 2.75) is 82.7 Å². The van der Waals surface area contributed by atoms with Gasteiger partial charge in [0, 0.05) is 66.8 Å². The molecule has 1 amide bonds. The number of nitrogens with one attached hydrogen (secondary N) is 2. The SMILES string of the molecule is Cc1c(Nc2nccc3cc(CN4CC[C@@H](O)C4)cnc23)cccc1-c1cccc(-c2nc3cc4c(c([N+](=O)[O-])c3o2)CC[C@H]4N2CC[C@@H](C(=O)NS(=O)(=O)C3(C)CC3)C2)c1C. The van der Waals surface area contributed by atoms with Gasteiger partial charge in [0.25, 0.3) is 0 Å². The highest BCUT2D eigenvalue weighted by atomic mass is 32.2. The summed E-state index contributed by atoms with van der Waals surface area (Å²) >= 11 is 0. The minimum Gasteiger partial charge on any atom is -0.429 e. The number of amides is 1. The Morgan fingerprint density at radius 2 is 1.77 bits per heavy atom. The van der Waals surface area contributed by atoms with Crippen molar-refractivity contribution < 1.29 is 27.7 Å². The van der Waals surface area contributed by atoms with Gasteiger partial charge in [-0.25, -0.2) is 18.4 Å². The molecule has 10 rings (SSSR count). The Kier molecular flexibility index (Phi) is 9.89. The molecule has 0 bridgehead atoms. The third-order valence-electron chi connectivity index (χ3n) is 13.6. The quantitative estimate of drug-likeness (QED) is 0.0872. The molecular formula is C46H48N8O7S. The molecule has 2 aliphatic heterocycles. The lowest BCUT2D eigenvalue weighted by molar-refractivity contribution is -0.384. The van der Waals surface area contributed by atoms with E-state index < -0.39 is 26.6 Å². The Morgan fingerprint density at radius 3 is 2.53 bits per heavy atom. The summed E-state index contributed by atoms with van der Waals surface area (Å²) in [4.78, 5) is 44.2. The first kappa shape index (κ1) is 40.3. The maximum Gasteiger partial charge on any atom is 0.317 e. The highest BCUT2D eigenvalue weighted by molar-refractivity contribution is 7.91. The number of likely N-dealkylation sites (tertiary alicyclic amines) is 2. The molecule has 3 aromatic carbocycles. The number of benzene rings is 3. The predicted molar refractivity (Wildman–Crippen MR) is 235 cm³/mol. The number of nitrogens with zero attached hydrogens (tertiary/aromatic N) is 6. The topological polar surface area (TPSA) is 197 Å². The number of nitro groups is 1. The molecule has 320 valence electrons. The molecule has 2 aliphatic carbocycles. The van der Waals surface area contributed by atoms with E-state index in [-0.39, 0.29) is 34.2 Å². The van der Waals surface area contributed by atoms with Gasteiger partial charge in [-0.05, 0) is 130 Å². The third kappa shape index (κ3) is 7.08. The summed E-state index contributed by atoms with van der Waals surface area (Å²) in [5.41, 5.74) is 9.09. The number of aliphatic hydroxyl groups is 1. The van der Waals surface area contributed by atoms with Crippen molar-refractivity contribution in [2.24, 2.45) is 5.92 Å². The molecule has 3 aromatic heterocycles. The minimum absolute atomic E-state index is 0.0846. The minimum atomic E-state index is -3.74. The molecule has 3 atom stereocenters. The third-order valence-corrected chi connectivity index (χ3v) is 15.8. The number of β-amino-alcohol motifs (C(OH)–C–C–N with tert-alkyl or cyclic N) is 1. The van der Waals surface area contributed by atoms with Crippen LogP contribution < -0.4 is 10.0 Å². The van der Waals surface area contributed by atoms with E-state index in [1.165, 1.54) is 0 Å². The van der Waals surface area contributed by atoms with Crippen LogP contribution in [0.4, 0.5) is 17.2 Å². The number of carbonyl (C=O) groups is 1. The summed E-state index contributed by atoms with van der Waals surface area (Å²) in [6.07, 6.45) is 6.85. The second-order valence-corrected chi connectivity index (χ2v) is 19.9. The zero-order valence-electron chi connectivity index (χ0n) is 34.8. The van der Waals surface area contributed by atoms with Crippen molar-refractivity contribution in [3.8, 4) is 22.6 Å². The van der Waals surface area contributed by atoms with Crippen molar-refractivity contribution in [1.82, 2.24) is 29.5 Å². The van der Waals surface area contributed by atoms with Crippen molar-refractivity contribution in [1.29, 1.82) is 0 Å². The number of hydrogen-bond acceptors (Lipinski definition) is 13. The molecule has 16 heteroatoms. The molecule has 2 saturated heterocycles. The van der Waals surface area contributed by atoms with E-state index in [9.17, 15) is 28.4 Å². The van der Waals surface area contributed by atoms with Gasteiger partial charge in [0.15, 0.2) is 5.82 Å². The molecule has 3 fully saturated rings. The Hall–Kier alpha value is -5.81.